The van der Waals surface area contributed by atoms with Gasteiger partial charge in [-0.1, -0.05) is 95.6 Å². The molecule has 2 aromatic carbocycles. The summed E-state index contributed by atoms with van der Waals surface area (Å²) in [6.07, 6.45) is 5.25. The Hall–Kier alpha value is -5.66. The highest BCUT2D eigenvalue weighted by Gasteiger charge is 2.47. The van der Waals surface area contributed by atoms with Crippen molar-refractivity contribution in [1.29, 1.82) is 0 Å². The molecule has 8 atom stereocenters. The fourth-order valence-corrected chi connectivity index (χ4v) is 10.9. The number of aliphatic imine (C=N–C) groups is 2. The summed E-state index contributed by atoms with van der Waals surface area (Å²) in [7, 11) is 1.80. The van der Waals surface area contributed by atoms with Gasteiger partial charge in [0.15, 0.2) is 5.82 Å². The van der Waals surface area contributed by atoms with Crippen LogP contribution in [0.15, 0.2) is 64.1 Å². The van der Waals surface area contributed by atoms with Crippen LogP contribution in [0.1, 0.15) is 127 Å². The number of amides is 4. The molecule has 77 heavy (non-hydrogen) atoms. The maximum Gasteiger partial charge on any atom is 0.246 e. The van der Waals surface area contributed by atoms with E-state index in [0.29, 0.717) is 90.6 Å². The van der Waals surface area contributed by atoms with Crippen LogP contribution in [0.4, 0.5) is 0 Å². The fraction of sp³-hybridized carbons (Fsp3) is 0.627. The van der Waals surface area contributed by atoms with Crippen LogP contribution in [0.5, 0.6) is 0 Å². The predicted octanol–water partition coefficient (Wildman–Crippen LogP) is 6.88. The highest BCUT2D eigenvalue weighted by atomic mass is 16.5. The number of nitrogens with one attached hydrogen (secondary N) is 2. The van der Waals surface area contributed by atoms with Gasteiger partial charge in [-0.15, -0.1) is 10.2 Å². The fourth-order valence-electron chi connectivity index (χ4n) is 10.9. The van der Waals surface area contributed by atoms with Crippen LogP contribution in [0, 0.1) is 42.9 Å². The number of allylic oxidation sites excluding steroid dienone is 1. The zero-order valence-electron chi connectivity index (χ0n) is 47.3. The maximum absolute atomic E-state index is 14.1. The number of carbonyl (C=O) groups is 4. The maximum atomic E-state index is 14.1. The molecule has 1 aliphatic carbocycles. The number of ether oxygens (including phenoxy) is 5. The number of hydrogen-bond acceptors (Lipinski definition) is 13. The van der Waals surface area contributed by atoms with Crippen LogP contribution in [-0.4, -0.2) is 158 Å². The lowest BCUT2D eigenvalue weighted by atomic mass is 9.84. The zero-order chi connectivity index (χ0) is 55.2. The molecule has 3 aromatic rings. The minimum absolute atomic E-state index is 0.0221. The molecule has 3 aliphatic heterocycles. The van der Waals surface area contributed by atoms with E-state index in [9.17, 15) is 19.2 Å². The second kappa shape index (κ2) is 27.8. The number of benzene rings is 2. The van der Waals surface area contributed by atoms with E-state index in [1.807, 2.05) is 65.1 Å². The minimum Gasteiger partial charge on any atom is -0.379 e. The summed E-state index contributed by atoms with van der Waals surface area (Å²) in [6, 6.07) is 14.9. The average molecular weight is 1060 g/mol. The van der Waals surface area contributed by atoms with Gasteiger partial charge in [-0.2, -0.15) is 0 Å². The van der Waals surface area contributed by atoms with Crippen molar-refractivity contribution in [2.45, 2.75) is 125 Å². The number of aryl methyl sites for hydroxylation is 2. The normalized spacial score (nSPS) is 22.4. The van der Waals surface area contributed by atoms with E-state index in [4.69, 9.17) is 28.7 Å². The molecule has 420 valence electrons. The molecule has 4 heterocycles. The van der Waals surface area contributed by atoms with Crippen LogP contribution in [-0.2, 0) is 49.4 Å². The van der Waals surface area contributed by atoms with E-state index in [2.05, 4.69) is 82.4 Å². The van der Waals surface area contributed by atoms with Gasteiger partial charge in [0.1, 0.15) is 30.6 Å². The first kappa shape index (κ1) is 59.0. The summed E-state index contributed by atoms with van der Waals surface area (Å²) in [5.74, 6) is 1.98. The predicted molar refractivity (Wildman–Crippen MR) is 296 cm³/mol. The van der Waals surface area contributed by atoms with Crippen molar-refractivity contribution < 1.29 is 42.9 Å². The second-order valence-corrected chi connectivity index (χ2v) is 22.7. The molecular formula is C59H85N9O9. The molecule has 4 aliphatic rings. The number of carbonyl (C=O) groups excluding carboxylic acids is 4. The lowest BCUT2D eigenvalue weighted by molar-refractivity contribution is -0.144. The van der Waals surface area contributed by atoms with Gasteiger partial charge in [0.2, 0.25) is 23.6 Å². The molecule has 0 bridgehead atoms. The molecule has 1 saturated heterocycles. The Morgan fingerprint density at radius 1 is 0.792 bits per heavy atom. The van der Waals surface area contributed by atoms with E-state index in [-0.39, 0.29) is 61.8 Å². The molecule has 18 nitrogen and oxygen atoms in total. The number of likely N-dealkylation sites (N-methyl/N-ethyl adjacent to an activating group) is 1. The first-order valence-electron chi connectivity index (χ1n) is 27.8. The topological polar surface area (TPSA) is 200 Å². The molecule has 0 radical (unpaired) electrons. The van der Waals surface area contributed by atoms with Crippen molar-refractivity contribution in [1.82, 2.24) is 35.2 Å². The molecule has 0 spiro atoms. The monoisotopic (exact) mass is 1060 g/mol. The van der Waals surface area contributed by atoms with Gasteiger partial charge in [0, 0.05) is 75.8 Å². The molecule has 1 aromatic heterocycles. The second-order valence-electron chi connectivity index (χ2n) is 22.7. The first-order chi connectivity index (χ1) is 36.9. The third kappa shape index (κ3) is 15.8. The lowest BCUT2D eigenvalue weighted by Gasteiger charge is -2.35. The number of hydrogen-bond donors (Lipinski definition) is 2. The lowest BCUT2D eigenvalue weighted by Crippen LogP contribution is -2.58. The zero-order valence-corrected chi connectivity index (χ0v) is 47.3. The Morgan fingerprint density at radius 2 is 1.43 bits per heavy atom. The van der Waals surface area contributed by atoms with Gasteiger partial charge >= 0.3 is 0 Å². The molecule has 4 amide bonds. The Morgan fingerprint density at radius 3 is 2.08 bits per heavy atom. The third-order valence-corrected chi connectivity index (χ3v) is 15.5. The SMILES string of the molecule is CC1=C(c2ccc(CNC(=O)[C@@H]3CC(C)CN3C(=O)C(NC(=O)COCCOCCOCCCOCCOCCN(C)C(=O)CC3N=C(c4ccc(C)cc4)C4C(C)C(C)CC4n4c(C)nnc43)C(C)(C)C)cc2)N=CC1. The average Bonchev–Trinajstić information content (AvgIpc) is 4.17. The summed E-state index contributed by atoms with van der Waals surface area (Å²) in [6.45, 7) is 23.0. The Labute approximate surface area is 456 Å². The molecule has 7 unspecified atom stereocenters. The van der Waals surface area contributed by atoms with Gasteiger partial charge in [-0.3, -0.25) is 29.2 Å². The van der Waals surface area contributed by atoms with Crippen LogP contribution < -0.4 is 10.6 Å². The van der Waals surface area contributed by atoms with Gasteiger partial charge in [0.05, 0.1) is 58.4 Å². The van der Waals surface area contributed by atoms with E-state index < -0.39 is 29.4 Å². The molecule has 2 N–H and O–H groups in total. The van der Waals surface area contributed by atoms with E-state index >= 15 is 0 Å². The molecule has 18 heteroatoms. The van der Waals surface area contributed by atoms with Gasteiger partial charge in [0.25, 0.3) is 0 Å². The van der Waals surface area contributed by atoms with Crippen molar-refractivity contribution in [3.8, 4) is 0 Å². The van der Waals surface area contributed by atoms with Gasteiger partial charge < -0.3 is 48.7 Å². The van der Waals surface area contributed by atoms with Gasteiger partial charge in [-0.05, 0) is 79.9 Å². The quantitative estimate of drug-likeness (QED) is 0.0754. The van der Waals surface area contributed by atoms with Crippen molar-refractivity contribution in [3.05, 3.63) is 88.0 Å². The number of fused-ring (bicyclic) bond motifs is 3. The van der Waals surface area contributed by atoms with E-state index in [1.54, 1.807) is 16.8 Å². The molecule has 7 rings (SSSR count). The number of likely N-dealkylation sites (tertiary alicyclic amines) is 1. The molecule has 1 saturated carbocycles. The highest BCUT2D eigenvalue weighted by Crippen LogP contribution is 2.49. The van der Waals surface area contributed by atoms with Crippen molar-refractivity contribution >= 4 is 41.3 Å². The highest BCUT2D eigenvalue weighted by molar-refractivity contribution is 6.03. The van der Waals surface area contributed by atoms with Crippen molar-refractivity contribution in [2.24, 2.45) is 39.1 Å². The summed E-state index contributed by atoms with van der Waals surface area (Å²) in [5.41, 5.74) is 6.98. The van der Waals surface area contributed by atoms with Crippen molar-refractivity contribution in [2.75, 3.05) is 86.2 Å². The Bertz CT molecular complexity index is 2550. The Balaban J connectivity index is 0.712. The summed E-state index contributed by atoms with van der Waals surface area (Å²) >= 11 is 0. The van der Waals surface area contributed by atoms with Crippen LogP contribution >= 0.6 is 0 Å². The van der Waals surface area contributed by atoms with Gasteiger partial charge in [-0.25, -0.2) is 0 Å². The van der Waals surface area contributed by atoms with E-state index in [1.165, 1.54) is 11.1 Å². The standard InChI is InChI=1S/C59H85N9O9/c1-38-12-16-46(17-13-38)54-52-42(5)41(4)33-48(52)68-43(6)64-65-56(68)47(62-54)34-51(70)66(10)22-25-75-28-26-73-23-11-24-74-27-29-76-30-31-77-37-50(69)63-55(59(7,8)9)58(72)67-36-39(2)32-49(67)57(71)61-35-44-14-18-45(19-15-44)53-40(3)20-21-60-53/h12-19,21,39,41-42,47-49,52,55H,11,20,22-37H2,1-10H3,(H,61,71)(H,63,69)/t39?,41?,42?,47?,48?,49-,52?,55?/m0/s1. The number of nitrogens with zero attached hydrogens (tertiary/aromatic N) is 7. The van der Waals surface area contributed by atoms with Crippen molar-refractivity contribution in [3.63, 3.8) is 0 Å². The summed E-state index contributed by atoms with van der Waals surface area (Å²) in [4.78, 5) is 67.5. The van der Waals surface area contributed by atoms with Crippen LogP contribution in [0.25, 0.3) is 5.70 Å². The number of aromatic nitrogens is 3. The van der Waals surface area contributed by atoms with Crippen LogP contribution in [0.3, 0.4) is 0 Å². The summed E-state index contributed by atoms with van der Waals surface area (Å²) in [5, 5.41) is 15.0. The van der Waals surface area contributed by atoms with Crippen LogP contribution in [0.2, 0.25) is 0 Å². The largest absolute Gasteiger partial charge is 0.379 e. The summed E-state index contributed by atoms with van der Waals surface area (Å²) < 4.78 is 30.7. The van der Waals surface area contributed by atoms with E-state index in [0.717, 1.165) is 52.6 Å². The third-order valence-electron chi connectivity index (χ3n) is 15.5. The molecule has 2 fully saturated rings. The minimum atomic E-state index is -0.854. The Kier molecular flexibility index (Phi) is 21.3. The first-order valence-corrected chi connectivity index (χ1v) is 27.8. The number of rotatable bonds is 27. The molecular weight excluding hydrogens is 979 g/mol. The smallest absolute Gasteiger partial charge is 0.246 e.